The average molecular weight is 468 g/mol. The summed E-state index contributed by atoms with van der Waals surface area (Å²) in [5, 5.41) is -0.738. The fourth-order valence-electron chi connectivity index (χ4n) is 3.69. The fourth-order valence-corrected chi connectivity index (χ4v) is 6.72. The topological polar surface area (TPSA) is 69.4 Å². The molecule has 2 N–H and O–H groups in total. The third kappa shape index (κ3) is 3.58. The van der Waals surface area contributed by atoms with Crippen molar-refractivity contribution in [3.8, 4) is 0 Å². The van der Waals surface area contributed by atoms with Crippen molar-refractivity contribution in [2.24, 2.45) is 11.1 Å². The number of thiocarbonyl (C=S) groups is 1. The number of halogens is 1. The van der Waals surface area contributed by atoms with E-state index in [-0.39, 0.29) is 22.4 Å². The molecule has 0 amide bonds. The first-order chi connectivity index (χ1) is 12.7. The van der Waals surface area contributed by atoms with Gasteiger partial charge in [-0.2, -0.15) is 0 Å². The van der Waals surface area contributed by atoms with Gasteiger partial charge in [-0.25, -0.2) is 8.42 Å². The van der Waals surface area contributed by atoms with E-state index in [0.717, 1.165) is 15.6 Å². The molecule has 2 aromatic carbocycles. The summed E-state index contributed by atoms with van der Waals surface area (Å²) in [6.45, 7) is 4.45. The maximum absolute atomic E-state index is 13.5. The van der Waals surface area contributed by atoms with Crippen molar-refractivity contribution in [3.05, 3.63) is 64.1 Å². The second-order valence-electron chi connectivity index (χ2n) is 6.85. The number of sulfone groups is 1. The molecule has 7 heteroatoms. The quantitative estimate of drug-likeness (QED) is 0.622. The Bertz CT molecular complexity index is 942. The summed E-state index contributed by atoms with van der Waals surface area (Å²) in [4.78, 5) is 0.472. The molecule has 1 aliphatic rings. The van der Waals surface area contributed by atoms with Crippen LogP contribution in [0.25, 0.3) is 0 Å². The summed E-state index contributed by atoms with van der Waals surface area (Å²) in [5.74, 6) is -0.332. The van der Waals surface area contributed by atoms with Crippen molar-refractivity contribution in [1.82, 2.24) is 0 Å². The van der Waals surface area contributed by atoms with Gasteiger partial charge in [0.25, 0.3) is 0 Å². The first kappa shape index (κ1) is 20.5. The lowest BCUT2D eigenvalue weighted by Gasteiger charge is -2.17. The molecule has 1 fully saturated rings. The number of benzene rings is 2. The highest BCUT2D eigenvalue weighted by molar-refractivity contribution is 9.10. The normalized spacial score (nSPS) is 24.6. The predicted molar refractivity (Wildman–Crippen MR) is 115 cm³/mol. The first-order valence-corrected chi connectivity index (χ1v) is 11.4. The van der Waals surface area contributed by atoms with Gasteiger partial charge >= 0.3 is 0 Å². The van der Waals surface area contributed by atoms with Crippen LogP contribution in [0.3, 0.4) is 0 Å². The minimum absolute atomic E-state index is 0.185. The van der Waals surface area contributed by atoms with Crippen molar-refractivity contribution in [2.45, 2.75) is 29.9 Å². The van der Waals surface area contributed by atoms with E-state index in [4.69, 9.17) is 22.7 Å². The van der Waals surface area contributed by atoms with E-state index in [9.17, 15) is 8.42 Å². The van der Waals surface area contributed by atoms with Crippen LogP contribution in [0.4, 0.5) is 0 Å². The Morgan fingerprint density at radius 3 is 2.30 bits per heavy atom. The van der Waals surface area contributed by atoms with Crippen molar-refractivity contribution >= 4 is 43.0 Å². The molecule has 0 aliphatic heterocycles. The van der Waals surface area contributed by atoms with Crippen LogP contribution in [0, 0.1) is 12.3 Å². The van der Waals surface area contributed by atoms with E-state index in [1.165, 1.54) is 0 Å². The van der Waals surface area contributed by atoms with Gasteiger partial charge in [-0.15, -0.1) is 0 Å². The van der Waals surface area contributed by atoms with Gasteiger partial charge < -0.3 is 10.5 Å². The average Bonchev–Trinajstić information content (AvgIpc) is 3.32. The molecule has 2 aromatic rings. The van der Waals surface area contributed by atoms with Crippen LogP contribution in [-0.4, -0.2) is 31.9 Å². The van der Waals surface area contributed by atoms with Gasteiger partial charge in [0.2, 0.25) is 0 Å². The minimum Gasteiger partial charge on any atom is -0.393 e. The zero-order valence-corrected chi connectivity index (χ0v) is 18.4. The van der Waals surface area contributed by atoms with Crippen molar-refractivity contribution < 1.29 is 13.2 Å². The molecule has 3 rings (SSSR count). The molecular formula is C20H22BrNO3S2. The van der Waals surface area contributed by atoms with Crippen molar-refractivity contribution in [2.75, 3.05) is 13.2 Å². The Kier molecular flexibility index (Phi) is 5.77. The van der Waals surface area contributed by atoms with E-state index in [2.05, 4.69) is 15.9 Å². The summed E-state index contributed by atoms with van der Waals surface area (Å²) < 4.78 is 33.5. The molecular weight excluding hydrogens is 446 g/mol. The van der Waals surface area contributed by atoms with Gasteiger partial charge in [-0.3, -0.25) is 0 Å². The summed E-state index contributed by atoms with van der Waals surface area (Å²) in [6, 6.07) is 14.5. The number of rotatable bonds is 7. The van der Waals surface area contributed by atoms with Gasteiger partial charge in [-0.05, 0) is 43.7 Å². The van der Waals surface area contributed by atoms with E-state index in [1.54, 1.807) is 24.3 Å². The largest absolute Gasteiger partial charge is 0.393 e. The summed E-state index contributed by atoms with van der Waals surface area (Å²) in [6.07, 6.45) is 0. The fraction of sp³-hybridized carbons (Fsp3) is 0.350. The number of hydrogen-bond donors (Lipinski definition) is 1. The Labute approximate surface area is 174 Å². The second kappa shape index (κ2) is 7.62. The van der Waals surface area contributed by atoms with Crippen LogP contribution in [0.1, 0.15) is 24.0 Å². The lowest BCUT2D eigenvalue weighted by atomic mass is 10.00. The number of nitrogens with two attached hydrogens (primary N) is 1. The van der Waals surface area contributed by atoms with Gasteiger partial charge in [0, 0.05) is 17.0 Å². The first-order valence-electron chi connectivity index (χ1n) is 8.69. The number of ether oxygens (including phenoxy) is 1. The highest BCUT2D eigenvalue weighted by atomic mass is 79.9. The lowest BCUT2D eigenvalue weighted by molar-refractivity contribution is 0.121. The highest BCUT2D eigenvalue weighted by Crippen LogP contribution is 2.64. The monoisotopic (exact) mass is 467 g/mol. The van der Waals surface area contributed by atoms with Gasteiger partial charge in [0.15, 0.2) is 9.84 Å². The predicted octanol–water partition coefficient (Wildman–Crippen LogP) is 4.01. The van der Waals surface area contributed by atoms with Crippen LogP contribution < -0.4 is 5.73 Å². The molecule has 0 bridgehead atoms. The van der Waals surface area contributed by atoms with Gasteiger partial charge in [0.05, 0.1) is 27.2 Å². The Morgan fingerprint density at radius 1 is 1.19 bits per heavy atom. The molecule has 0 radical (unpaired) electrons. The maximum atomic E-state index is 13.5. The summed E-state index contributed by atoms with van der Waals surface area (Å²) in [5.41, 5.74) is 7.10. The maximum Gasteiger partial charge on any atom is 0.182 e. The molecule has 0 unspecified atom stereocenters. The molecule has 3 atom stereocenters. The summed E-state index contributed by atoms with van der Waals surface area (Å²) >= 11 is 8.77. The van der Waals surface area contributed by atoms with Crippen LogP contribution >= 0.6 is 28.1 Å². The van der Waals surface area contributed by atoms with Crippen LogP contribution in [-0.2, 0) is 14.6 Å². The minimum atomic E-state index is -3.63. The Hall–Kier alpha value is -1.28. The third-order valence-electron chi connectivity index (χ3n) is 5.17. The molecule has 0 heterocycles. The molecule has 0 aromatic heterocycles. The van der Waals surface area contributed by atoms with Crippen molar-refractivity contribution in [1.29, 1.82) is 0 Å². The van der Waals surface area contributed by atoms with E-state index >= 15 is 0 Å². The smallest absolute Gasteiger partial charge is 0.182 e. The van der Waals surface area contributed by atoms with Crippen LogP contribution in [0.15, 0.2) is 57.9 Å². The van der Waals surface area contributed by atoms with Gasteiger partial charge in [0.1, 0.15) is 0 Å². The molecule has 27 heavy (non-hydrogen) atoms. The van der Waals surface area contributed by atoms with Crippen molar-refractivity contribution in [3.63, 3.8) is 0 Å². The molecule has 4 nitrogen and oxygen atoms in total. The Morgan fingerprint density at radius 2 is 1.78 bits per heavy atom. The molecule has 0 saturated heterocycles. The zero-order valence-electron chi connectivity index (χ0n) is 15.2. The third-order valence-corrected chi connectivity index (χ3v) is 8.37. The molecule has 1 saturated carbocycles. The second-order valence-corrected chi connectivity index (χ2v) is 10.3. The lowest BCUT2D eigenvalue weighted by Crippen LogP contribution is -2.33. The Balaban J connectivity index is 2.10. The molecule has 144 valence electrons. The van der Waals surface area contributed by atoms with E-state index in [0.29, 0.717) is 6.61 Å². The standard InChI is InChI=1S/C20H22BrNO3S2/c1-3-25-12-20(19(22)26)17(14-6-8-15(21)9-7-14)18(20)27(23,24)16-10-4-13(2)5-11-16/h4-11,17-18H,3,12H2,1-2H3,(H2,22,26)/t17-,18+,20-/m0/s1. The number of hydrogen-bond acceptors (Lipinski definition) is 4. The number of aryl methyl sites for hydroxylation is 1. The van der Waals surface area contributed by atoms with E-state index < -0.39 is 20.5 Å². The van der Waals surface area contributed by atoms with E-state index in [1.807, 2.05) is 38.1 Å². The molecule has 1 aliphatic carbocycles. The van der Waals surface area contributed by atoms with Crippen LogP contribution in [0.2, 0.25) is 0 Å². The summed E-state index contributed by atoms with van der Waals surface area (Å²) in [7, 11) is -3.63. The zero-order chi connectivity index (χ0) is 19.8. The molecule has 0 spiro atoms. The highest BCUT2D eigenvalue weighted by Gasteiger charge is 2.73. The van der Waals surface area contributed by atoms with Gasteiger partial charge in [-0.1, -0.05) is 58.0 Å². The SMILES string of the molecule is CCOC[C@@]1(C(N)=S)[C@H](S(=O)(=O)c2ccc(C)cc2)[C@@H]1c1ccc(Br)cc1. The van der Waals surface area contributed by atoms with Crippen LogP contribution in [0.5, 0.6) is 0 Å².